The van der Waals surface area contributed by atoms with Crippen molar-refractivity contribution in [2.45, 2.75) is 39.5 Å². The molecule has 17 heavy (non-hydrogen) atoms. The Morgan fingerprint density at radius 1 is 1.06 bits per heavy atom. The predicted octanol–water partition coefficient (Wildman–Crippen LogP) is 3.16. The van der Waals surface area contributed by atoms with Gasteiger partial charge in [-0.05, 0) is 49.9 Å². The molecule has 0 saturated heterocycles. The molecule has 2 heteroatoms. The monoisotopic (exact) mass is 234 g/mol. The minimum absolute atomic E-state index is 0.177. The van der Waals surface area contributed by atoms with Crippen molar-refractivity contribution >= 4 is 5.69 Å². The van der Waals surface area contributed by atoms with Crippen LogP contribution in [0.5, 0.6) is 0 Å². The van der Waals surface area contributed by atoms with Gasteiger partial charge in [0.25, 0.3) is 0 Å². The fourth-order valence-electron chi connectivity index (χ4n) is 2.22. The van der Waals surface area contributed by atoms with Gasteiger partial charge in [-0.3, -0.25) is 0 Å². The molecule has 0 bridgehead atoms. The zero-order chi connectivity index (χ0) is 12.9. The summed E-state index contributed by atoms with van der Waals surface area (Å²) in [5, 5.41) is 0. The molecule has 0 radical (unpaired) electrons. The van der Waals surface area contributed by atoms with E-state index in [1.165, 1.54) is 11.3 Å². The normalized spacial score (nSPS) is 11.6. The lowest BCUT2D eigenvalue weighted by atomic mass is 9.81. The van der Waals surface area contributed by atoms with Crippen molar-refractivity contribution in [1.82, 2.24) is 0 Å². The minimum atomic E-state index is 0.177. The number of anilines is 1. The van der Waals surface area contributed by atoms with Crippen LogP contribution in [-0.4, -0.2) is 19.6 Å². The molecule has 1 aromatic carbocycles. The lowest BCUT2D eigenvalue weighted by molar-refractivity contribution is 0.488. The second-order valence-corrected chi connectivity index (χ2v) is 5.14. The Kier molecular flexibility index (Phi) is 5.01. The van der Waals surface area contributed by atoms with Crippen LogP contribution in [0.3, 0.4) is 0 Å². The third kappa shape index (κ3) is 3.47. The van der Waals surface area contributed by atoms with Crippen LogP contribution in [-0.2, 0) is 5.41 Å². The van der Waals surface area contributed by atoms with E-state index < -0.39 is 0 Å². The third-order valence-electron chi connectivity index (χ3n) is 3.55. The van der Waals surface area contributed by atoms with Crippen LogP contribution in [0.15, 0.2) is 24.3 Å². The summed E-state index contributed by atoms with van der Waals surface area (Å²) in [7, 11) is 0. The van der Waals surface area contributed by atoms with E-state index in [2.05, 4.69) is 56.9 Å². The van der Waals surface area contributed by atoms with Gasteiger partial charge >= 0.3 is 0 Å². The summed E-state index contributed by atoms with van der Waals surface area (Å²) in [5.41, 5.74) is 8.52. The maximum atomic E-state index is 5.66. The van der Waals surface area contributed by atoms with Gasteiger partial charge in [-0.2, -0.15) is 0 Å². The van der Waals surface area contributed by atoms with Gasteiger partial charge in [0, 0.05) is 18.8 Å². The SMILES string of the molecule is CCN(CC)c1ccc(C(C)(C)CCN)cc1. The fourth-order valence-corrected chi connectivity index (χ4v) is 2.22. The quantitative estimate of drug-likeness (QED) is 0.819. The second-order valence-electron chi connectivity index (χ2n) is 5.14. The molecule has 2 nitrogen and oxygen atoms in total. The summed E-state index contributed by atoms with van der Waals surface area (Å²) < 4.78 is 0. The van der Waals surface area contributed by atoms with Crippen molar-refractivity contribution in [2.75, 3.05) is 24.5 Å². The standard InChI is InChI=1S/C15H26N2/c1-5-17(6-2)14-9-7-13(8-10-14)15(3,4)11-12-16/h7-10H,5-6,11-12,16H2,1-4H3. The molecule has 96 valence electrons. The number of hydrogen-bond acceptors (Lipinski definition) is 2. The first-order chi connectivity index (χ1) is 8.05. The molecule has 2 N–H and O–H groups in total. The Morgan fingerprint density at radius 2 is 1.59 bits per heavy atom. The Hall–Kier alpha value is -1.02. The molecule has 1 rings (SSSR count). The average molecular weight is 234 g/mol. The highest BCUT2D eigenvalue weighted by Gasteiger charge is 2.19. The summed E-state index contributed by atoms with van der Waals surface area (Å²) in [6.45, 7) is 11.7. The van der Waals surface area contributed by atoms with E-state index in [9.17, 15) is 0 Å². The van der Waals surface area contributed by atoms with Crippen LogP contribution >= 0.6 is 0 Å². The molecule has 0 amide bonds. The highest BCUT2D eigenvalue weighted by Crippen LogP contribution is 2.28. The fraction of sp³-hybridized carbons (Fsp3) is 0.600. The molecule has 1 aromatic rings. The molecule has 0 heterocycles. The Morgan fingerprint density at radius 3 is 2.00 bits per heavy atom. The summed E-state index contributed by atoms with van der Waals surface area (Å²) >= 11 is 0. The van der Waals surface area contributed by atoms with Crippen LogP contribution in [0.2, 0.25) is 0 Å². The Labute approximate surface area is 106 Å². The van der Waals surface area contributed by atoms with E-state index in [4.69, 9.17) is 5.73 Å². The molecule has 0 unspecified atom stereocenters. The number of hydrogen-bond donors (Lipinski definition) is 1. The third-order valence-corrected chi connectivity index (χ3v) is 3.55. The predicted molar refractivity (Wildman–Crippen MR) is 76.7 cm³/mol. The average Bonchev–Trinajstić information content (AvgIpc) is 2.31. The lowest BCUT2D eigenvalue weighted by Gasteiger charge is -2.26. The molecular formula is C15H26N2. The van der Waals surface area contributed by atoms with Gasteiger partial charge < -0.3 is 10.6 Å². The zero-order valence-electron chi connectivity index (χ0n) is 11.7. The first-order valence-corrected chi connectivity index (χ1v) is 6.60. The maximum absolute atomic E-state index is 5.66. The van der Waals surface area contributed by atoms with Gasteiger partial charge in [0.05, 0.1) is 0 Å². The van der Waals surface area contributed by atoms with Crippen molar-refractivity contribution in [2.24, 2.45) is 5.73 Å². The van der Waals surface area contributed by atoms with Crippen LogP contribution in [0.1, 0.15) is 39.7 Å². The minimum Gasteiger partial charge on any atom is -0.372 e. The van der Waals surface area contributed by atoms with Crippen LogP contribution < -0.4 is 10.6 Å². The van der Waals surface area contributed by atoms with Crippen LogP contribution in [0.25, 0.3) is 0 Å². The van der Waals surface area contributed by atoms with Crippen LogP contribution in [0.4, 0.5) is 5.69 Å². The van der Waals surface area contributed by atoms with E-state index >= 15 is 0 Å². The number of nitrogens with two attached hydrogens (primary N) is 1. The first kappa shape index (κ1) is 14.0. The maximum Gasteiger partial charge on any atom is 0.0366 e. The van der Waals surface area contributed by atoms with Crippen molar-refractivity contribution in [3.05, 3.63) is 29.8 Å². The molecule has 0 spiro atoms. The summed E-state index contributed by atoms with van der Waals surface area (Å²) in [6.07, 6.45) is 1.03. The van der Waals surface area contributed by atoms with Crippen molar-refractivity contribution < 1.29 is 0 Å². The molecule has 0 aliphatic heterocycles. The van der Waals surface area contributed by atoms with Gasteiger partial charge in [0.15, 0.2) is 0 Å². The van der Waals surface area contributed by atoms with Gasteiger partial charge in [0.1, 0.15) is 0 Å². The molecular weight excluding hydrogens is 208 g/mol. The molecule has 0 aliphatic rings. The van der Waals surface area contributed by atoms with E-state index in [0.29, 0.717) is 0 Å². The topological polar surface area (TPSA) is 29.3 Å². The first-order valence-electron chi connectivity index (χ1n) is 6.60. The summed E-state index contributed by atoms with van der Waals surface area (Å²) in [4.78, 5) is 2.36. The smallest absolute Gasteiger partial charge is 0.0366 e. The number of benzene rings is 1. The molecule has 0 aromatic heterocycles. The number of nitrogens with zero attached hydrogens (tertiary/aromatic N) is 1. The van der Waals surface area contributed by atoms with Gasteiger partial charge in [-0.1, -0.05) is 26.0 Å². The molecule has 0 fully saturated rings. The van der Waals surface area contributed by atoms with E-state index in [0.717, 1.165) is 26.1 Å². The van der Waals surface area contributed by atoms with Gasteiger partial charge in [0.2, 0.25) is 0 Å². The zero-order valence-corrected chi connectivity index (χ0v) is 11.7. The number of rotatable bonds is 6. The second kappa shape index (κ2) is 6.06. The van der Waals surface area contributed by atoms with E-state index in [1.54, 1.807) is 0 Å². The highest BCUT2D eigenvalue weighted by molar-refractivity contribution is 5.48. The summed E-state index contributed by atoms with van der Waals surface area (Å²) in [6, 6.07) is 8.92. The lowest BCUT2D eigenvalue weighted by Crippen LogP contribution is -2.23. The molecule has 0 aliphatic carbocycles. The van der Waals surface area contributed by atoms with Crippen molar-refractivity contribution in [3.63, 3.8) is 0 Å². The Bertz CT molecular complexity index is 323. The van der Waals surface area contributed by atoms with Crippen LogP contribution in [0, 0.1) is 0 Å². The van der Waals surface area contributed by atoms with E-state index in [1.807, 2.05) is 0 Å². The molecule has 0 atom stereocenters. The van der Waals surface area contributed by atoms with Gasteiger partial charge in [-0.15, -0.1) is 0 Å². The van der Waals surface area contributed by atoms with Crippen molar-refractivity contribution in [1.29, 1.82) is 0 Å². The molecule has 0 saturated carbocycles. The summed E-state index contributed by atoms with van der Waals surface area (Å²) in [5.74, 6) is 0. The van der Waals surface area contributed by atoms with E-state index in [-0.39, 0.29) is 5.41 Å². The Balaban J connectivity index is 2.87. The highest BCUT2D eigenvalue weighted by atomic mass is 15.1. The van der Waals surface area contributed by atoms with Gasteiger partial charge in [-0.25, -0.2) is 0 Å². The largest absolute Gasteiger partial charge is 0.372 e. The van der Waals surface area contributed by atoms with Crippen molar-refractivity contribution in [3.8, 4) is 0 Å².